The monoisotopic (exact) mass is 464 g/mol. The molecular weight excluding hydrogens is 436 g/mol. The zero-order valence-electron chi connectivity index (χ0n) is 19.3. The molecule has 1 aromatic heterocycles. The lowest BCUT2D eigenvalue weighted by atomic mass is 9.88. The zero-order valence-corrected chi connectivity index (χ0v) is 20.1. The topological polar surface area (TPSA) is 69.2 Å². The number of methoxy groups -OCH3 is 3. The van der Waals surface area contributed by atoms with E-state index in [1.165, 1.54) is 4.88 Å². The Morgan fingerprint density at radius 2 is 1.82 bits per heavy atom. The summed E-state index contributed by atoms with van der Waals surface area (Å²) in [6.45, 7) is 2.25. The van der Waals surface area contributed by atoms with Gasteiger partial charge in [-0.2, -0.15) is 0 Å². The van der Waals surface area contributed by atoms with Crippen molar-refractivity contribution < 1.29 is 19.0 Å². The van der Waals surface area contributed by atoms with Crippen LogP contribution in [0.3, 0.4) is 0 Å². The Kier molecular flexibility index (Phi) is 6.99. The third kappa shape index (κ3) is 4.73. The van der Waals surface area contributed by atoms with Gasteiger partial charge in [0.1, 0.15) is 10.8 Å². The van der Waals surface area contributed by atoms with Crippen LogP contribution in [0.2, 0.25) is 0 Å². The van der Waals surface area contributed by atoms with Crippen molar-refractivity contribution in [1.82, 2.24) is 0 Å². The molecular formula is C26H28N2O4S. The van der Waals surface area contributed by atoms with E-state index in [0.29, 0.717) is 39.4 Å². The van der Waals surface area contributed by atoms with E-state index in [9.17, 15) is 4.79 Å². The number of nitrogens with zero attached hydrogens (tertiary/aromatic N) is 1. The van der Waals surface area contributed by atoms with Gasteiger partial charge in [-0.1, -0.05) is 25.1 Å². The number of fused-ring (bicyclic) bond motifs is 1. The van der Waals surface area contributed by atoms with Gasteiger partial charge in [0.15, 0.2) is 11.5 Å². The smallest absolute Gasteiger partial charge is 0.259 e. The van der Waals surface area contributed by atoms with Crippen LogP contribution in [0, 0.1) is 5.92 Å². The summed E-state index contributed by atoms with van der Waals surface area (Å²) in [5.41, 5.74) is 3.17. The molecule has 1 aliphatic rings. The maximum absolute atomic E-state index is 13.5. The molecule has 0 aliphatic heterocycles. The molecule has 0 unspecified atom stereocenters. The predicted molar refractivity (Wildman–Crippen MR) is 133 cm³/mol. The lowest BCUT2D eigenvalue weighted by Crippen LogP contribution is -2.17. The number of para-hydroxylation sites is 3. The highest BCUT2D eigenvalue weighted by Crippen LogP contribution is 2.42. The Bertz CT molecular complexity index is 1190. The molecule has 7 heteroatoms. The maximum atomic E-state index is 13.5. The van der Waals surface area contributed by atoms with Gasteiger partial charge in [0.2, 0.25) is 0 Å². The molecule has 3 aromatic rings. The zero-order chi connectivity index (χ0) is 23.4. The van der Waals surface area contributed by atoms with Gasteiger partial charge in [0, 0.05) is 16.7 Å². The number of thiophene rings is 1. The van der Waals surface area contributed by atoms with Crippen molar-refractivity contribution in [3.63, 3.8) is 0 Å². The summed E-state index contributed by atoms with van der Waals surface area (Å²) in [7, 11) is 4.80. The molecule has 0 fully saturated rings. The Labute approximate surface area is 198 Å². The minimum Gasteiger partial charge on any atom is -0.495 e. The SMILES string of the molecule is COc1ccccc1NC(=O)c1c(N=Cc2cccc(OC)c2OC)sc2c1CC[C@@H](C)C2. The fourth-order valence-corrected chi connectivity index (χ4v) is 5.49. The van der Waals surface area contributed by atoms with Gasteiger partial charge in [0.05, 0.1) is 32.6 Å². The lowest BCUT2D eigenvalue weighted by molar-refractivity contribution is 0.102. The second-order valence-electron chi connectivity index (χ2n) is 8.03. The van der Waals surface area contributed by atoms with Crippen LogP contribution in [0.25, 0.3) is 0 Å². The molecule has 2 aromatic carbocycles. The van der Waals surface area contributed by atoms with Crippen molar-refractivity contribution in [2.24, 2.45) is 10.9 Å². The fourth-order valence-electron chi connectivity index (χ4n) is 4.14. The maximum Gasteiger partial charge on any atom is 0.259 e. The lowest BCUT2D eigenvalue weighted by Gasteiger charge is -2.18. The first-order chi connectivity index (χ1) is 16.0. The van der Waals surface area contributed by atoms with Gasteiger partial charge < -0.3 is 19.5 Å². The van der Waals surface area contributed by atoms with Crippen LogP contribution in [0.15, 0.2) is 47.5 Å². The predicted octanol–water partition coefficient (Wildman–Crippen LogP) is 5.90. The number of carbonyl (C=O) groups is 1. The summed E-state index contributed by atoms with van der Waals surface area (Å²) in [5.74, 6) is 2.29. The first kappa shape index (κ1) is 22.9. The van der Waals surface area contributed by atoms with E-state index in [4.69, 9.17) is 19.2 Å². The van der Waals surface area contributed by atoms with Crippen LogP contribution in [-0.2, 0) is 12.8 Å². The molecule has 1 atom stereocenters. The third-order valence-electron chi connectivity index (χ3n) is 5.83. The molecule has 0 bridgehead atoms. The molecule has 0 spiro atoms. The van der Waals surface area contributed by atoms with Crippen molar-refractivity contribution >= 4 is 34.1 Å². The van der Waals surface area contributed by atoms with Gasteiger partial charge in [-0.05, 0) is 55.0 Å². The summed E-state index contributed by atoms with van der Waals surface area (Å²) in [6.07, 6.45) is 4.64. The van der Waals surface area contributed by atoms with Gasteiger partial charge in [0.25, 0.3) is 5.91 Å². The van der Waals surface area contributed by atoms with Crippen molar-refractivity contribution in [3.05, 3.63) is 64.0 Å². The van der Waals surface area contributed by atoms with E-state index >= 15 is 0 Å². The Morgan fingerprint density at radius 3 is 2.58 bits per heavy atom. The number of nitrogens with one attached hydrogen (secondary N) is 1. The quantitative estimate of drug-likeness (QED) is 0.442. The highest BCUT2D eigenvalue weighted by Gasteiger charge is 2.28. The minimum absolute atomic E-state index is 0.170. The first-order valence-electron chi connectivity index (χ1n) is 10.9. The highest BCUT2D eigenvalue weighted by atomic mass is 32.1. The van der Waals surface area contributed by atoms with Gasteiger partial charge in [-0.3, -0.25) is 4.79 Å². The van der Waals surface area contributed by atoms with E-state index in [-0.39, 0.29) is 5.91 Å². The molecule has 6 nitrogen and oxygen atoms in total. The van der Waals surface area contributed by atoms with Crippen molar-refractivity contribution in [3.8, 4) is 17.2 Å². The van der Waals surface area contributed by atoms with Crippen LogP contribution < -0.4 is 19.5 Å². The third-order valence-corrected chi connectivity index (χ3v) is 6.99. The van der Waals surface area contributed by atoms with Gasteiger partial charge in [-0.15, -0.1) is 11.3 Å². The van der Waals surface area contributed by atoms with Crippen molar-refractivity contribution in [2.45, 2.75) is 26.2 Å². The number of amides is 1. The molecule has 1 heterocycles. The molecule has 172 valence electrons. The number of anilines is 1. The number of benzene rings is 2. The van der Waals surface area contributed by atoms with Crippen LogP contribution in [-0.4, -0.2) is 33.5 Å². The molecule has 4 rings (SSSR count). The second kappa shape index (κ2) is 10.1. The standard InChI is InChI=1S/C26H28N2O4S/c1-16-12-13-18-22(14-16)33-26(27-15-17-8-7-11-21(31-3)24(17)32-4)23(18)25(29)28-19-9-5-6-10-20(19)30-2/h5-11,15-16H,12-14H2,1-4H3,(H,28,29)/t16-/m1/s1. The number of rotatable bonds is 7. The molecule has 0 radical (unpaired) electrons. The summed E-state index contributed by atoms with van der Waals surface area (Å²) in [6, 6.07) is 13.1. The Morgan fingerprint density at radius 1 is 1.06 bits per heavy atom. The molecule has 1 aliphatic carbocycles. The molecule has 1 amide bonds. The van der Waals surface area contributed by atoms with Gasteiger partial charge in [-0.25, -0.2) is 4.99 Å². The molecule has 33 heavy (non-hydrogen) atoms. The van der Waals surface area contributed by atoms with E-state index < -0.39 is 0 Å². The first-order valence-corrected chi connectivity index (χ1v) is 11.7. The summed E-state index contributed by atoms with van der Waals surface area (Å²) >= 11 is 1.60. The molecule has 0 saturated carbocycles. The van der Waals surface area contributed by atoms with E-state index in [1.807, 2.05) is 42.5 Å². The number of hydrogen-bond acceptors (Lipinski definition) is 6. The Hall–Kier alpha value is -3.32. The van der Waals surface area contributed by atoms with Crippen LogP contribution >= 0.6 is 11.3 Å². The summed E-state index contributed by atoms with van der Waals surface area (Å²) in [4.78, 5) is 19.5. The Balaban J connectivity index is 1.73. The van der Waals surface area contributed by atoms with Crippen molar-refractivity contribution in [1.29, 1.82) is 0 Å². The number of hydrogen-bond donors (Lipinski definition) is 1. The largest absolute Gasteiger partial charge is 0.495 e. The van der Waals surface area contributed by atoms with Crippen LogP contribution in [0.4, 0.5) is 10.7 Å². The minimum atomic E-state index is -0.170. The van der Waals surface area contributed by atoms with E-state index in [2.05, 4.69) is 12.2 Å². The highest BCUT2D eigenvalue weighted by molar-refractivity contribution is 7.16. The second-order valence-corrected chi connectivity index (χ2v) is 9.11. The summed E-state index contributed by atoms with van der Waals surface area (Å²) < 4.78 is 16.3. The summed E-state index contributed by atoms with van der Waals surface area (Å²) in [5, 5.41) is 3.73. The molecule has 1 N–H and O–H groups in total. The fraction of sp³-hybridized carbons (Fsp3) is 0.308. The molecule has 0 saturated heterocycles. The average Bonchev–Trinajstić information content (AvgIpc) is 3.20. The van der Waals surface area contributed by atoms with Crippen LogP contribution in [0.5, 0.6) is 17.2 Å². The van der Waals surface area contributed by atoms with E-state index in [0.717, 1.165) is 30.4 Å². The number of carbonyl (C=O) groups excluding carboxylic acids is 1. The van der Waals surface area contributed by atoms with Gasteiger partial charge >= 0.3 is 0 Å². The normalized spacial score (nSPS) is 15.2. The van der Waals surface area contributed by atoms with Crippen molar-refractivity contribution in [2.75, 3.05) is 26.6 Å². The van der Waals surface area contributed by atoms with Crippen LogP contribution in [0.1, 0.15) is 39.7 Å². The average molecular weight is 465 g/mol. The number of ether oxygens (including phenoxy) is 3. The number of aliphatic imine (C=N–C) groups is 1. The van der Waals surface area contributed by atoms with E-state index in [1.54, 1.807) is 38.9 Å².